The van der Waals surface area contributed by atoms with E-state index in [2.05, 4.69) is 30.8 Å². The molecule has 29 heavy (non-hydrogen) atoms. The summed E-state index contributed by atoms with van der Waals surface area (Å²) in [5.74, 6) is -0.520. The Bertz CT molecular complexity index is 1160. The number of aryl methyl sites for hydroxylation is 1. The van der Waals surface area contributed by atoms with Crippen LogP contribution in [0.5, 0.6) is 0 Å². The maximum atomic E-state index is 12.7. The molecule has 1 aromatic carbocycles. The monoisotopic (exact) mass is 390 g/mol. The molecule has 0 aliphatic carbocycles. The van der Waals surface area contributed by atoms with Crippen LogP contribution in [0.2, 0.25) is 0 Å². The van der Waals surface area contributed by atoms with Gasteiger partial charge in [-0.25, -0.2) is 19.2 Å². The summed E-state index contributed by atoms with van der Waals surface area (Å²) < 4.78 is 3.04. The molecule has 146 valence electrons. The second-order valence-electron chi connectivity index (χ2n) is 6.42. The number of rotatable bonds is 5. The first-order valence-electron chi connectivity index (χ1n) is 8.89. The highest BCUT2D eigenvalue weighted by Gasteiger charge is 2.18. The van der Waals surface area contributed by atoms with Gasteiger partial charge in [0.2, 0.25) is 5.91 Å². The first-order chi connectivity index (χ1) is 14.0. The van der Waals surface area contributed by atoms with E-state index in [1.807, 2.05) is 0 Å². The standard InChI is InChI=1S/C19H18N8O2/c1-12-16(17-21-8-3-9-26(17)25-12)19(29)24-15-6-4-14(5-7-15)23-18(28)13(2)27-11-20-10-22-27/h3-11,13H,1-2H3,(H,23,28)(H,24,29). The van der Waals surface area contributed by atoms with E-state index >= 15 is 0 Å². The lowest BCUT2D eigenvalue weighted by Crippen LogP contribution is -2.24. The summed E-state index contributed by atoms with van der Waals surface area (Å²) in [6.45, 7) is 3.49. The van der Waals surface area contributed by atoms with Gasteiger partial charge in [-0.3, -0.25) is 9.59 Å². The first-order valence-corrected chi connectivity index (χ1v) is 8.89. The van der Waals surface area contributed by atoms with Gasteiger partial charge < -0.3 is 10.6 Å². The van der Waals surface area contributed by atoms with Gasteiger partial charge in [-0.15, -0.1) is 0 Å². The molecule has 0 radical (unpaired) electrons. The molecule has 0 fully saturated rings. The Labute approximate surface area is 165 Å². The molecule has 10 nitrogen and oxygen atoms in total. The average Bonchev–Trinajstić information content (AvgIpc) is 3.35. The number of amides is 2. The summed E-state index contributed by atoms with van der Waals surface area (Å²) in [6.07, 6.45) is 6.22. The number of hydrogen-bond acceptors (Lipinski definition) is 6. The highest BCUT2D eigenvalue weighted by atomic mass is 16.2. The van der Waals surface area contributed by atoms with Crippen LogP contribution in [0.15, 0.2) is 55.4 Å². The third-order valence-corrected chi connectivity index (χ3v) is 4.42. The molecule has 4 rings (SSSR count). The SMILES string of the molecule is Cc1nn2cccnc2c1C(=O)Nc1ccc(NC(=O)C(C)n2cncn2)cc1. The van der Waals surface area contributed by atoms with Crippen LogP contribution in [0.25, 0.3) is 5.65 Å². The molecule has 0 saturated heterocycles. The lowest BCUT2D eigenvalue weighted by Gasteiger charge is -2.12. The number of anilines is 2. The van der Waals surface area contributed by atoms with Gasteiger partial charge in [0, 0.05) is 23.8 Å². The van der Waals surface area contributed by atoms with E-state index in [9.17, 15) is 9.59 Å². The van der Waals surface area contributed by atoms with Crippen LogP contribution in [-0.2, 0) is 4.79 Å². The van der Waals surface area contributed by atoms with Crippen molar-refractivity contribution < 1.29 is 9.59 Å². The Hall–Kier alpha value is -4.08. The Morgan fingerprint density at radius 3 is 2.52 bits per heavy atom. The highest BCUT2D eigenvalue weighted by molar-refractivity contribution is 6.09. The van der Waals surface area contributed by atoms with Crippen LogP contribution in [0, 0.1) is 6.92 Å². The third-order valence-electron chi connectivity index (χ3n) is 4.42. The summed E-state index contributed by atoms with van der Waals surface area (Å²) in [7, 11) is 0. The number of fused-ring (bicyclic) bond motifs is 1. The van der Waals surface area contributed by atoms with Crippen molar-refractivity contribution >= 4 is 28.8 Å². The molecule has 3 heterocycles. The van der Waals surface area contributed by atoms with Gasteiger partial charge >= 0.3 is 0 Å². The fourth-order valence-electron chi connectivity index (χ4n) is 2.88. The minimum Gasteiger partial charge on any atom is -0.324 e. The minimum absolute atomic E-state index is 0.222. The van der Waals surface area contributed by atoms with Crippen LogP contribution < -0.4 is 10.6 Å². The van der Waals surface area contributed by atoms with Crippen molar-refractivity contribution in [3.63, 3.8) is 0 Å². The molecule has 0 aliphatic heterocycles. The minimum atomic E-state index is -0.497. The van der Waals surface area contributed by atoms with Crippen LogP contribution in [-0.4, -0.2) is 41.2 Å². The smallest absolute Gasteiger partial charge is 0.261 e. The van der Waals surface area contributed by atoms with Crippen molar-refractivity contribution in [3.8, 4) is 0 Å². The van der Waals surface area contributed by atoms with Gasteiger partial charge in [0.1, 0.15) is 24.3 Å². The van der Waals surface area contributed by atoms with Crippen LogP contribution >= 0.6 is 0 Å². The summed E-state index contributed by atoms with van der Waals surface area (Å²) in [5.41, 5.74) is 2.70. The van der Waals surface area contributed by atoms with Gasteiger partial charge in [-0.05, 0) is 44.2 Å². The highest BCUT2D eigenvalue weighted by Crippen LogP contribution is 2.18. The molecule has 0 spiro atoms. The van der Waals surface area contributed by atoms with Crippen molar-refractivity contribution in [2.75, 3.05) is 10.6 Å². The number of benzene rings is 1. The van der Waals surface area contributed by atoms with E-state index in [-0.39, 0.29) is 11.8 Å². The van der Waals surface area contributed by atoms with Crippen molar-refractivity contribution in [3.05, 3.63) is 66.6 Å². The Balaban J connectivity index is 1.45. The third kappa shape index (κ3) is 3.68. The molecule has 2 N–H and O–H groups in total. The Morgan fingerprint density at radius 1 is 1.10 bits per heavy atom. The maximum Gasteiger partial charge on any atom is 0.261 e. The van der Waals surface area contributed by atoms with E-state index in [0.29, 0.717) is 28.3 Å². The second-order valence-corrected chi connectivity index (χ2v) is 6.42. The largest absolute Gasteiger partial charge is 0.324 e. The molecule has 4 aromatic rings. The maximum absolute atomic E-state index is 12.7. The zero-order chi connectivity index (χ0) is 20.4. The fourth-order valence-corrected chi connectivity index (χ4v) is 2.88. The van der Waals surface area contributed by atoms with E-state index in [4.69, 9.17) is 0 Å². The van der Waals surface area contributed by atoms with Crippen molar-refractivity contribution in [2.24, 2.45) is 0 Å². The molecule has 10 heteroatoms. The molecular weight excluding hydrogens is 372 g/mol. The first kappa shape index (κ1) is 18.3. The molecule has 0 bridgehead atoms. The van der Waals surface area contributed by atoms with Crippen LogP contribution in [0.4, 0.5) is 11.4 Å². The molecule has 1 unspecified atom stereocenters. The predicted octanol–water partition coefficient (Wildman–Crippen LogP) is 2.08. The van der Waals surface area contributed by atoms with Crippen molar-refractivity contribution in [2.45, 2.75) is 19.9 Å². The topological polar surface area (TPSA) is 119 Å². The number of hydrogen-bond donors (Lipinski definition) is 2. The number of carbonyl (C=O) groups excluding carboxylic acids is 2. The van der Waals surface area contributed by atoms with Gasteiger partial charge in [-0.2, -0.15) is 10.2 Å². The van der Waals surface area contributed by atoms with E-state index in [1.165, 1.54) is 17.3 Å². The molecule has 3 aromatic heterocycles. The number of nitrogens with one attached hydrogen (secondary N) is 2. The molecule has 1 atom stereocenters. The molecule has 0 saturated carbocycles. The van der Waals surface area contributed by atoms with Crippen LogP contribution in [0.1, 0.15) is 29.0 Å². The summed E-state index contributed by atoms with van der Waals surface area (Å²) in [5, 5.41) is 13.9. The lowest BCUT2D eigenvalue weighted by molar-refractivity contribution is -0.119. The second kappa shape index (κ2) is 7.50. The normalized spacial score (nSPS) is 11.9. The van der Waals surface area contributed by atoms with E-state index < -0.39 is 6.04 Å². The predicted molar refractivity (Wildman–Crippen MR) is 105 cm³/mol. The average molecular weight is 390 g/mol. The molecule has 2 amide bonds. The quantitative estimate of drug-likeness (QED) is 0.538. The molecule has 0 aliphatic rings. The number of aromatic nitrogens is 6. The zero-order valence-corrected chi connectivity index (χ0v) is 15.8. The van der Waals surface area contributed by atoms with Crippen molar-refractivity contribution in [1.82, 2.24) is 29.4 Å². The van der Waals surface area contributed by atoms with Crippen molar-refractivity contribution in [1.29, 1.82) is 0 Å². The van der Waals surface area contributed by atoms with Crippen LogP contribution in [0.3, 0.4) is 0 Å². The lowest BCUT2D eigenvalue weighted by atomic mass is 10.2. The number of carbonyl (C=O) groups is 2. The summed E-state index contributed by atoms with van der Waals surface area (Å²) in [4.78, 5) is 33.1. The van der Waals surface area contributed by atoms with Gasteiger partial charge in [0.15, 0.2) is 5.65 Å². The Morgan fingerprint density at radius 2 is 1.83 bits per heavy atom. The van der Waals surface area contributed by atoms with Gasteiger partial charge in [0.25, 0.3) is 5.91 Å². The Kier molecular flexibility index (Phi) is 4.73. The molecular formula is C19H18N8O2. The summed E-state index contributed by atoms with van der Waals surface area (Å²) >= 11 is 0. The van der Waals surface area contributed by atoms with Gasteiger partial charge in [0.05, 0.1) is 5.69 Å². The van der Waals surface area contributed by atoms with Gasteiger partial charge in [-0.1, -0.05) is 0 Å². The van der Waals surface area contributed by atoms with E-state index in [1.54, 1.807) is 61.1 Å². The van der Waals surface area contributed by atoms with E-state index in [0.717, 1.165) is 0 Å². The zero-order valence-electron chi connectivity index (χ0n) is 15.8. The summed E-state index contributed by atoms with van der Waals surface area (Å²) in [6, 6.07) is 8.09. The number of nitrogens with zero attached hydrogens (tertiary/aromatic N) is 6. The fraction of sp³-hybridized carbons (Fsp3) is 0.158.